The third-order valence-corrected chi connectivity index (χ3v) is 7.01. The van der Waals surface area contributed by atoms with Crippen molar-refractivity contribution in [3.63, 3.8) is 0 Å². The second-order valence-corrected chi connectivity index (χ2v) is 9.25. The molecule has 1 aliphatic carbocycles. The third-order valence-electron chi connectivity index (χ3n) is 6.49. The first-order valence-electron chi connectivity index (χ1n) is 11.0. The number of imidazole rings is 1. The van der Waals surface area contributed by atoms with E-state index in [4.69, 9.17) is 33.7 Å². The summed E-state index contributed by atoms with van der Waals surface area (Å²) in [6, 6.07) is 10.6. The van der Waals surface area contributed by atoms with Gasteiger partial charge in [0.2, 0.25) is 0 Å². The van der Waals surface area contributed by atoms with Gasteiger partial charge in [-0.25, -0.2) is 14.2 Å². The molecule has 0 radical (unpaired) electrons. The summed E-state index contributed by atoms with van der Waals surface area (Å²) in [7, 11) is 0. The summed E-state index contributed by atoms with van der Waals surface area (Å²) >= 11 is 12.5. The van der Waals surface area contributed by atoms with Crippen LogP contribution in [0.15, 0.2) is 42.6 Å². The van der Waals surface area contributed by atoms with E-state index >= 15 is 0 Å². The van der Waals surface area contributed by atoms with Crippen LogP contribution in [0.25, 0.3) is 0 Å². The Morgan fingerprint density at radius 3 is 2.85 bits per heavy atom. The van der Waals surface area contributed by atoms with Gasteiger partial charge in [0.1, 0.15) is 11.6 Å². The van der Waals surface area contributed by atoms with Crippen LogP contribution >= 0.6 is 23.2 Å². The molecule has 5 nitrogen and oxygen atoms in total. The van der Waals surface area contributed by atoms with Gasteiger partial charge in [-0.3, -0.25) is 0 Å². The van der Waals surface area contributed by atoms with Gasteiger partial charge < -0.3 is 15.5 Å². The smallest absolute Gasteiger partial charge is 0.358 e. The Kier molecular flexibility index (Phi) is 7.07. The molecule has 0 saturated heterocycles. The average molecular weight is 490 g/mol. The number of hydrogen-bond acceptors (Lipinski definition) is 4. The van der Waals surface area contributed by atoms with Crippen LogP contribution in [0, 0.1) is 5.82 Å². The van der Waals surface area contributed by atoms with E-state index in [9.17, 15) is 9.18 Å². The zero-order valence-corrected chi connectivity index (χ0v) is 19.8. The molecule has 174 valence electrons. The summed E-state index contributed by atoms with van der Waals surface area (Å²) in [6.07, 6.45) is 4.87. The number of nitrogens with one attached hydrogen (secondary N) is 1. The number of benzene rings is 2. The normalized spacial score (nSPS) is 20.6. The molecule has 3 N–H and O–H groups in total. The fraction of sp³-hybridized carbons (Fsp3) is 0.360. The minimum absolute atomic E-state index is 0.108. The number of carbonyl (C=O) groups is 1. The molecule has 2 aromatic carbocycles. The molecule has 0 amide bonds. The Balaban J connectivity index is 1.84. The Morgan fingerprint density at radius 2 is 2.12 bits per heavy atom. The highest BCUT2D eigenvalue weighted by Gasteiger charge is 2.43. The molecule has 1 heterocycles. The van der Waals surface area contributed by atoms with Crippen LogP contribution in [0.5, 0.6) is 0 Å². The molecule has 4 rings (SSSR count). The number of aromatic nitrogens is 2. The Hall–Kier alpha value is -2.41. The molecule has 33 heavy (non-hydrogen) atoms. The van der Waals surface area contributed by atoms with Crippen LogP contribution in [0.1, 0.15) is 71.5 Å². The van der Waals surface area contributed by atoms with Gasteiger partial charge in [-0.15, -0.1) is 0 Å². The number of hydrogen-bond donors (Lipinski definition) is 2. The van der Waals surface area contributed by atoms with Gasteiger partial charge in [0.05, 0.1) is 17.0 Å². The van der Waals surface area contributed by atoms with Gasteiger partial charge in [0.25, 0.3) is 0 Å². The highest BCUT2D eigenvalue weighted by molar-refractivity contribution is 6.31. The minimum atomic E-state index is -0.561. The number of ether oxygens (including phenoxy) is 1. The summed E-state index contributed by atoms with van der Waals surface area (Å²) in [6.45, 7) is 2.37. The molecule has 1 aromatic heterocycles. The predicted octanol–water partition coefficient (Wildman–Crippen LogP) is 6.13. The number of carbonyl (C=O) groups excluding carboxylic acids is 1. The molecule has 2 atom stereocenters. The van der Waals surface area contributed by atoms with E-state index in [2.05, 4.69) is 9.97 Å². The quantitative estimate of drug-likeness (QED) is 0.407. The van der Waals surface area contributed by atoms with Crippen LogP contribution in [0.4, 0.5) is 4.39 Å². The largest absolute Gasteiger partial charge is 0.461 e. The van der Waals surface area contributed by atoms with Crippen LogP contribution in [-0.2, 0) is 16.7 Å². The van der Waals surface area contributed by atoms with Crippen molar-refractivity contribution in [1.29, 1.82) is 0 Å². The van der Waals surface area contributed by atoms with Crippen LogP contribution < -0.4 is 5.73 Å². The Bertz CT molecular complexity index is 1170. The first kappa shape index (κ1) is 23.7. The van der Waals surface area contributed by atoms with Crippen molar-refractivity contribution in [2.24, 2.45) is 5.73 Å². The van der Waals surface area contributed by atoms with E-state index in [1.807, 2.05) is 18.2 Å². The van der Waals surface area contributed by atoms with Crippen molar-refractivity contribution in [3.05, 3.63) is 86.7 Å². The van der Waals surface area contributed by atoms with E-state index < -0.39 is 17.2 Å². The predicted molar refractivity (Wildman–Crippen MR) is 127 cm³/mol. The number of aromatic amines is 1. The maximum atomic E-state index is 13.8. The number of nitrogens with zero attached hydrogens (tertiary/aromatic N) is 1. The number of nitrogens with two attached hydrogens (primary N) is 1. The number of halogens is 3. The highest BCUT2D eigenvalue weighted by atomic mass is 35.5. The van der Waals surface area contributed by atoms with Gasteiger partial charge >= 0.3 is 5.97 Å². The van der Waals surface area contributed by atoms with Crippen molar-refractivity contribution in [3.8, 4) is 0 Å². The van der Waals surface area contributed by atoms with E-state index in [0.29, 0.717) is 23.8 Å². The van der Waals surface area contributed by atoms with E-state index in [1.54, 1.807) is 25.3 Å². The van der Waals surface area contributed by atoms with E-state index in [0.717, 1.165) is 36.0 Å². The lowest BCUT2D eigenvalue weighted by atomic mass is 9.63. The zero-order valence-electron chi connectivity index (χ0n) is 18.3. The SMILES string of the molecule is CCOC(=O)c1c[nH]c(C2(c3cc(Cl)ccc3CN)CCCC(c3ccc(F)c(Cl)c3)C2)n1. The summed E-state index contributed by atoms with van der Waals surface area (Å²) < 4.78 is 18.9. The minimum Gasteiger partial charge on any atom is -0.461 e. The fourth-order valence-corrected chi connectivity index (χ4v) is 5.32. The molecule has 3 aromatic rings. The molecule has 0 bridgehead atoms. The first-order valence-corrected chi connectivity index (χ1v) is 11.8. The molecule has 1 aliphatic rings. The summed E-state index contributed by atoms with van der Waals surface area (Å²) in [5.41, 5.74) is 8.70. The van der Waals surface area contributed by atoms with E-state index in [1.165, 1.54) is 6.07 Å². The molecule has 1 saturated carbocycles. The molecule has 2 unspecified atom stereocenters. The van der Waals surface area contributed by atoms with E-state index in [-0.39, 0.29) is 23.2 Å². The lowest BCUT2D eigenvalue weighted by Crippen LogP contribution is -2.36. The molecular formula is C25H26Cl2FN3O2. The molecule has 0 spiro atoms. The topological polar surface area (TPSA) is 81.0 Å². The van der Waals surface area contributed by atoms with Crippen molar-refractivity contribution >= 4 is 29.2 Å². The van der Waals surface area contributed by atoms with Crippen molar-refractivity contribution < 1.29 is 13.9 Å². The highest BCUT2D eigenvalue weighted by Crippen LogP contribution is 2.50. The van der Waals surface area contributed by atoms with Gasteiger partial charge in [-0.1, -0.05) is 41.8 Å². The first-order chi connectivity index (χ1) is 15.9. The summed E-state index contributed by atoms with van der Waals surface area (Å²) in [4.78, 5) is 20.2. The molecular weight excluding hydrogens is 464 g/mol. The van der Waals surface area contributed by atoms with Crippen molar-refractivity contribution in [1.82, 2.24) is 9.97 Å². The average Bonchev–Trinajstić information content (AvgIpc) is 3.32. The lowest BCUT2D eigenvalue weighted by Gasteiger charge is -2.41. The summed E-state index contributed by atoms with van der Waals surface area (Å²) in [5.74, 6) is -0.135. The fourth-order valence-electron chi connectivity index (χ4n) is 4.96. The van der Waals surface area contributed by atoms with Gasteiger partial charge in [-0.05, 0) is 73.1 Å². The Morgan fingerprint density at radius 1 is 1.30 bits per heavy atom. The second-order valence-electron chi connectivity index (χ2n) is 8.41. The van der Waals surface area contributed by atoms with Crippen molar-refractivity contribution in [2.45, 2.75) is 50.5 Å². The number of H-pyrrole nitrogens is 1. The lowest BCUT2D eigenvalue weighted by molar-refractivity contribution is 0.0519. The Labute approximate surface area is 202 Å². The van der Waals surface area contributed by atoms with Crippen LogP contribution in [-0.4, -0.2) is 22.5 Å². The third kappa shape index (κ3) is 4.65. The monoisotopic (exact) mass is 489 g/mol. The number of esters is 1. The van der Waals surface area contributed by atoms with Crippen LogP contribution in [0.3, 0.4) is 0 Å². The zero-order chi connectivity index (χ0) is 23.6. The molecule has 0 aliphatic heterocycles. The standard InChI is InChI=1S/C25H26Cl2FN3O2/c1-2-33-23(32)22-14-30-24(31-22)25(19-11-18(26)7-5-17(19)13-29)9-3-4-16(12-25)15-6-8-21(28)20(27)10-15/h5-8,10-11,14,16H,2-4,9,12-13,29H2,1H3,(H,30,31). The maximum absolute atomic E-state index is 13.8. The second kappa shape index (κ2) is 9.84. The number of rotatable bonds is 6. The van der Waals surface area contributed by atoms with Gasteiger partial charge in [0.15, 0.2) is 5.69 Å². The van der Waals surface area contributed by atoms with Crippen LogP contribution in [0.2, 0.25) is 10.0 Å². The molecule has 8 heteroatoms. The maximum Gasteiger partial charge on any atom is 0.358 e. The van der Waals surface area contributed by atoms with Crippen molar-refractivity contribution in [2.75, 3.05) is 6.61 Å². The molecule has 1 fully saturated rings. The van der Waals surface area contributed by atoms with Gasteiger partial charge in [0, 0.05) is 17.8 Å². The summed E-state index contributed by atoms with van der Waals surface area (Å²) in [5, 5.41) is 0.711. The van der Waals surface area contributed by atoms with Gasteiger partial charge in [-0.2, -0.15) is 0 Å².